The van der Waals surface area contributed by atoms with Crippen LogP contribution in [0.3, 0.4) is 0 Å². The molecule has 0 spiro atoms. The van der Waals surface area contributed by atoms with Crippen LogP contribution in [0.1, 0.15) is 43.2 Å². The van der Waals surface area contributed by atoms with Gasteiger partial charge in [0.15, 0.2) is 0 Å². The van der Waals surface area contributed by atoms with Gasteiger partial charge in [-0.15, -0.1) is 0 Å². The summed E-state index contributed by atoms with van der Waals surface area (Å²) < 4.78 is 0. The Hall–Kier alpha value is -1.13. The maximum Gasteiger partial charge on any atom is -0.0129 e. The molecule has 0 atom stereocenters. The average Bonchev–Trinajstić information content (AvgIpc) is 2.52. The molecule has 0 heterocycles. The molecule has 1 saturated carbocycles. The highest BCUT2D eigenvalue weighted by Crippen LogP contribution is 2.47. The van der Waals surface area contributed by atoms with E-state index in [9.17, 15) is 0 Å². The third-order valence-corrected chi connectivity index (χ3v) is 7.98. The SMILES string of the molecule is Cc1ccccc1P(c1ccccc1C)C1CCCCC1. The first-order chi connectivity index (χ1) is 10.3. The van der Waals surface area contributed by atoms with Crippen LogP contribution in [0.5, 0.6) is 0 Å². The summed E-state index contributed by atoms with van der Waals surface area (Å²) in [4.78, 5) is 0. The molecule has 0 radical (unpaired) electrons. The first-order valence-electron chi connectivity index (χ1n) is 8.18. The molecule has 3 rings (SSSR count). The van der Waals surface area contributed by atoms with E-state index in [0.29, 0.717) is 0 Å². The molecule has 0 aliphatic heterocycles. The highest BCUT2D eigenvalue weighted by Gasteiger charge is 2.27. The summed E-state index contributed by atoms with van der Waals surface area (Å²) >= 11 is 0. The molecule has 2 aromatic rings. The van der Waals surface area contributed by atoms with Gasteiger partial charge in [-0.2, -0.15) is 0 Å². The standard InChI is InChI=1S/C20H25P/c1-16-10-6-8-14-19(16)21(18-12-4-3-5-13-18)20-15-9-7-11-17(20)2/h6-11,14-15,18H,3-5,12-13H2,1-2H3. The predicted molar refractivity (Wildman–Crippen MR) is 95.4 cm³/mol. The Morgan fingerprint density at radius 1 is 0.714 bits per heavy atom. The highest BCUT2D eigenvalue weighted by molar-refractivity contribution is 7.73. The third kappa shape index (κ3) is 3.22. The van der Waals surface area contributed by atoms with Gasteiger partial charge in [-0.3, -0.25) is 0 Å². The van der Waals surface area contributed by atoms with Crippen molar-refractivity contribution in [1.82, 2.24) is 0 Å². The Bertz CT molecular complexity index is 551. The molecule has 1 heteroatoms. The van der Waals surface area contributed by atoms with Crippen molar-refractivity contribution in [2.24, 2.45) is 0 Å². The average molecular weight is 296 g/mol. The number of aryl methyl sites for hydroxylation is 2. The van der Waals surface area contributed by atoms with E-state index < -0.39 is 0 Å². The van der Waals surface area contributed by atoms with E-state index in [2.05, 4.69) is 62.4 Å². The lowest BCUT2D eigenvalue weighted by atomic mass is 10.0. The molecule has 110 valence electrons. The Kier molecular flexibility index (Phi) is 4.76. The number of rotatable bonds is 3. The fourth-order valence-corrected chi connectivity index (χ4v) is 6.86. The molecule has 0 saturated heterocycles. The molecule has 0 unspecified atom stereocenters. The zero-order valence-electron chi connectivity index (χ0n) is 13.2. The lowest BCUT2D eigenvalue weighted by molar-refractivity contribution is 0.513. The molecule has 1 aliphatic carbocycles. The topological polar surface area (TPSA) is 0 Å². The third-order valence-electron chi connectivity index (χ3n) is 4.69. The predicted octanol–water partition coefficient (Wildman–Crippen LogP) is 5.07. The van der Waals surface area contributed by atoms with Crippen LogP contribution < -0.4 is 10.6 Å². The first kappa shape index (κ1) is 14.8. The maximum absolute atomic E-state index is 2.38. The van der Waals surface area contributed by atoms with Crippen molar-refractivity contribution >= 4 is 18.5 Å². The summed E-state index contributed by atoms with van der Waals surface area (Å²) in [6.45, 7) is 4.57. The zero-order chi connectivity index (χ0) is 14.7. The van der Waals surface area contributed by atoms with E-state index in [-0.39, 0.29) is 7.92 Å². The van der Waals surface area contributed by atoms with Crippen LogP contribution >= 0.6 is 7.92 Å². The quantitative estimate of drug-likeness (QED) is 0.694. The Labute approximate surface area is 130 Å². The van der Waals surface area contributed by atoms with Crippen molar-refractivity contribution < 1.29 is 0 Å². The molecule has 0 bridgehead atoms. The Morgan fingerprint density at radius 3 is 1.67 bits per heavy atom. The van der Waals surface area contributed by atoms with Crippen molar-refractivity contribution in [3.63, 3.8) is 0 Å². The second-order valence-corrected chi connectivity index (χ2v) is 8.67. The molecule has 1 aliphatic rings. The van der Waals surface area contributed by atoms with Crippen LogP contribution in [-0.4, -0.2) is 5.66 Å². The normalized spacial score (nSPS) is 16.3. The van der Waals surface area contributed by atoms with Crippen molar-refractivity contribution in [2.75, 3.05) is 0 Å². The summed E-state index contributed by atoms with van der Waals surface area (Å²) in [5.41, 5.74) is 3.81. The van der Waals surface area contributed by atoms with Crippen molar-refractivity contribution in [1.29, 1.82) is 0 Å². The molecular formula is C20H25P. The van der Waals surface area contributed by atoms with Crippen LogP contribution in [0, 0.1) is 13.8 Å². The van der Waals surface area contributed by atoms with Gasteiger partial charge < -0.3 is 0 Å². The second-order valence-electron chi connectivity index (χ2n) is 6.23. The largest absolute Gasteiger partial charge is 0.0620 e. The van der Waals surface area contributed by atoms with Crippen LogP contribution in [0.2, 0.25) is 0 Å². The lowest BCUT2D eigenvalue weighted by Crippen LogP contribution is -2.26. The fraction of sp³-hybridized carbons (Fsp3) is 0.400. The zero-order valence-corrected chi connectivity index (χ0v) is 14.1. The second kappa shape index (κ2) is 6.75. The van der Waals surface area contributed by atoms with Crippen LogP contribution in [0.25, 0.3) is 0 Å². The van der Waals surface area contributed by atoms with Gasteiger partial charge >= 0.3 is 0 Å². The molecule has 21 heavy (non-hydrogen) atoms. The Morgan fingerprint density at radius 2 is 1.19 bits per heavy atom. The lowest BCUT2D eigenvalue weighted by Gasteiger charge is -2.33. The van der Waals surface area contributed by atoms with Gasteiger partial charge in [0, 0.05) is 0 Å². The van der Waals surface area contributed by atoms with E-state index in [1.54, 1.807) is 10.6 Å². The molecule has 0 amide bonds. The van der Waals surface area contributed by atoms with E-state index >= 15 is 0 Å². The molecular weight excluding hydrogens is 271 g/mol. The van der Waals surface area contributed by atoms with Crippen molar-refractivity contribution in [3.8, 4) is 0 Å². The van der Waals surface area contributed by atoms with E-state index in [0.717, 1.165) is 5.66 Å². The van der Waals surface area contributed by atoms with Crippen molar-refractivity contribution in [2.45, 2.75) is 51.6 Å². The number of benzene rings is 2. The minimum atomic E-state index is -0.211. The van der Waals surface area contributed by atoms with Crippen LogP contribution in [0.15, 0.2) is 48.5 Å². The van der Waals surface area contributed by atoms with Gasteiger partial charge in [0.1, 0.15) is 0 Å². The molecule has 2 aromatic carbocycles. The molecule has 0 nitrogen and oxygen atoms in total. The van der Waals surface area contributed by atoms with Gasteiger partial charge in [0.2, 0.25) is 0 Å². The summed E-state index contributed by atoms with van der Waals surface area (Å²) in [5.74, 6) is 0. The fourth-order valence-electron chi connectivity index (χ4n) is 3.53. The van der Waals surface area contributed by atoms with E-state index in [1.807, 2.05) is 0 Å². The van der Waals surface area contributed by atoms with Gasteiger partial charge in [0.05, 0.1) is 0 Å². The summed E-state index contributed by atoms with van der Waals surface area (Å²) in [5, 5.41) is 3.21. The monoisotopic (exact) mass is 296 g/mol. The van der Waals surface area contributed by atoms with Crippen molar-refractivity contribution in [3.05, 3.63) is 59.7 Å². The summed E-state index contributed by atoms with van der Waals surface area (Å²) in [6.07, 6.45) is 7.09. The molecule has 0 N–H and O–H groups in total. The molecule has 1 fully saturated rings. The van der Waals surface area contributed by atoms with E-state index in [1.165, 1.54) is 43.2 Å². The van der Waals surface area contributed by atoms with Gasteiger partial charge in [-0.25, -0.2) is 0 Å². The maximum atomic E-state index is 2.38. The minimum Gasteiger partial charge on any atom is -0.0620 e. The summed E-state index contributed by atoms with van der Waals surface area (Å²) in [6, 6.07) is 18.1. The molecule has 0 aromatic heterocycles. The summed E-state index contributed by atoms with van der Waals surface area (Å²) in [7, 11) is -0.211. The van der Waals surface area contributed by atoms with Gasteiger partial charge in [0.25, 0.3) is 0 Å². The van der Waals surface area contributed by atoms with E-state index in [4.69, 9.17) is 0 Å². The first-order valence-corrected chi connectivity index (χ1v) is 9.59. The number of hydrogen-bond acceptors (Lipinski definition) is 0. The number of hydrogen-bond donors (Lipinski definition) is 0. The van der Waals surface area contributed by atoms with Gasteiger partial charge in [-0.1, -0.05) is 67.8 Å². The van der Waals surface area contributed by atoms with Crippen LogP contribution in [0.4, 0.5) is 0 Å². The smallest absolute Gasteiger partial charge is 0.0129 e. The Balaban J connectivity index is 2.07. The minimum absolute atomic E-state index is 0.211. The van der Waals surface area contributed by atoms with Gasteiger partial charge in [-0.05, 0) is 62.0 Å². The van der Waals surface area contributed by atoms with Crippen LogP contribution in [-0.2, 0) is 0 Å². The highest BCUT2D eigenvalue weighted by atomic mass is 31.1.